The summed E-state index contributed by atoms with van der Waals surface area (Å²) in [6.07, 6.45) is 2.21. The van der Waals surface area contributed by atoms with Crippen molar-refractivity contribution in [2.24, 2.45) is 5.41 Å². The van der Waals surface area contributed by atoms with E-state index in [0.717, 1.165) is 61.5 Å². The van der Waals surface area contributed by atoms with Gasteiger partial charge < -0.3 is 10.6 Å². The monoisotopic (exact) mass is 376 g/mol. The number of aromatic nitrogens is 2. The summed E-state index contributed by atoms with van der Waals surface area (Å²) in [5.41, 5.74) is 4.24. The van der Waals surface area contributed by atoms with Gasteiger partial charge in [-0.15, -0.1) is 12.4 Å². The fraction of sp³-hybridized carbons (Fsp3) is 0.500. The quantitative estimate of drug-likeness (QED) is 0.843. The first kappa shape index (κ1) is 20.5. The van der Waals surface area contributed by atoms with Gasteiger partial charge in [0, 0.05) is 17.8 Å². The molecule has 3 rings (SSSR count). The Morgan fingerprint density at radius 2 is 1.88 bits per heavy atom. The Hall–Kier alpha value is -1.85. The van der Waals surface area contributed by atoms with Gasteiger partial charge >= 0.3 is 0 Å². The van der Waals surface area contributed by atoms with Crippen molar-refractivity contribution in [1.82, 2.24) is 20.4 Å². The standard InChI is InChI=1S/C20H28N4O.ClH/c1-15-12-16(2)24(23-15)13-17-4-6-18(7-5-17)19(25)22-14-20(3)8-10-21-11-9-20;/h4-7,12,21H,8-11,13-14H2,1-3H3,(H,22,25);1H. The molecular weight excluding hydrogens is 348 g/mol. The van der Waals surface area contributed by atoms with Crippen molar-refractivity contribution in [1.29, 1.82) is 0 Å². The molecule has 0 atom stereocenters. The Balaban J connectivity index is 0.00000243. The Morgan fingerprint density at radius 3 is 2.46 bits per heavy atom. The normalized spacial score (nSPS) is 16.0. The zero-order valence-electron chi connectivity index (χ0n) is 15.8. The first-order valence-electron chi connectivity index (χ1n) is 9.04. The van der Waals surface area contributed by atoms with Gasteiger partial charge in [0.2, 0.25) is 0 Å². The SMILES string of the molecule is Cc1cc(C)n(Cc2ccc(C(=O)NCC3(C)CCNCC3)cc2)n1.Cl. The summed E-state index contributed by atoms with van der Waals surface area (Å²) in [5, 5.41) is 11.0. The maximum Gasteiger partial charge on any atom is 0.251 e. The Kier molecular flexibility index (Phi) is 6.84. The third-order valence-electron chi connectivity index (χ3n) is 5.14. The fourth-order valence-corrected chi connectivity index (χ4v) is 3.37. The molecule has 26 heavy (non-hydrogen) atoms. The predicted molar refractivity (Wildman–Crippen MR) is 107 cm³/mol. The highest BCUT2D eigenvalue weighted by Gasteiger charge is 2.27. The van der Waals surface area contributed by atoms with E-state index >= 15 is 0 Å². The summed E-state index contributed by atoms with van der Waals surface area (Å²) < 4.78 is 1.99. The summed E-state index contributed by atoms with van der Waals surface area (Å²) in [4.78, 5) is 12.4. The summed E-state index contributed by atoms with van der Waals surface area (Å²) in [6, 6.07) is 9.90. The van der Waals surface area contributed by atoms with E-state index in [2.05, 4.69) is 35.6 Å². The molecule has 0 aliphatic carbocycles. The zero-order valence-corrected chi connectivity index (χ0v) is 16.7. The lowest BCUT2D eigenvalue weighted by Crippen LogP contribution is -2.42. The number of aryl methyl sites for hydroxylation is 2. The zero-order chi connectivity index (χ0) is 17.9. The van der Waals surface area contributed by atoms with E-state index in [-0.39, 0.29) is 23.7 Å². The van der Waals surface area contributed by atoms with Crippen molar-refractivity contribution >= 4 is 18.3 Å². The van der Waals surface area contributed by atoms with Crippen molar-refractivity contribution in [2.75, 3.05) is 19.6 Å². The lowest BCUT2D eigenvalue weighted by atomic mass is 9.81. The maximum atomic E-state index is 12.4. The van der Waals surface area contributed by atoms with Crippen LogP contribution in [0.3, 0.4) is 0 Å². The molecule has 1 saturated heterocycles. The number of rotatable bonds is 5. The molecule has 1 fully saturated rings. The number of hydrogen-bond donors (Lipinski definition) is 2. The molecule has 142 valence electrons. The van der Waals surface area contributed by atoms with E-state index in [1.54, 1.807) is 0 Å². The highest BCUT2D eigenvalue weighted by molar-refractivity contribution is 5.94. The average molecular weight is 377 g/mol. The molecule has 1 aromatic carbocycles. The predicted octanol–water partition coefficient (Wildman–Crippen LogP) is 3.09. The number of carbonyl (C=O) groups is 1. The minimum Gasteiger partial charge on any atom is -0.351 e. The van der Waals surface area contributed by atoms with Crippen molar-refractivity contribution in [3.05, 3.63) is 52.8 Å². The first-order chi connectivity index (χ1) is 12.0. The molecule has 0 saturated carbocycles. The number of halogens is 1. The van der Waals surface area contributed by atoms with Crippen LogP contribution in [0.2, 0.25) is 0 Å². The van der Waals surface area contributed by atoms with Crippen LogP contribution in [0.1, 0.15) is 47.1 Å². The van der Waals surface area contributed by atoms with Crippen molar-refractivity contribution < 1.29 is 4.79 Å². The fourth-order valence-electron chi connectivity index (χ4n) is 3.37. The smallest absolute Gasteiger partial charge is 0.251 e. The number of piperidine rings is 1. The van der Waals surface area contributed by atoms with Gasteiger partial charge in [0.1, 0.15) is 0 Å². The van der Waals surface area contributed by atoms with Crippen LogP contribution in [-0.2, 0) is 6.54 Å². The van der Waals surface area contributed by atoms with Crippen molar-refractivity contribution in [2.45, 2.75) is 40.2 Å². The van der Waals surface area contributed by atoms with E-state index in [1.165, 1.54) is 0 Å². The molecule has 0 bridgehead atoms. The van der Waals surface area contributed by atoms with E-state index in [4.69, 9.17) is 0 Å². The molecule has 1 aromatic heterocycles. The Labute approximate surface area is 162 Å². The van der Waals surface area contributed by atoms with Gasteiger partial charge in [0.15, 0.2) is 0 Å². The maximum absolute atomic E-state index is 12.4. The second-order valence-electron chi connectivity index (χ2n) is 7.53. The summed E-state index contributed by atoms with van der Waals surface area (Å²) in [6.45, 7) is 9.85. The van der Waals surface area contributed by atoms with E-state index in [9.17, 15) is 4.79 Å². The Morgan fingerprint density at radius 1 is 1.23 bits per heavy atom. The number of carbonyl (C=O) groups excluding carboxylic acids is 1. The molecule has 2 N–H and O–H groups in total. The number of hydrogen-bond acceptors (Lipinski definition) is 3. The molecule has 1 aliphatic heterocycles. The van der Waals surface area contributed by atoms with Crippen molar-refractivity contribution in [3.8, 4) is 0 Å². The van der Waals surface area contributed by atoms with Gasteiger partial charge in [-0.3, -0.25) is 9.48 Å². The second-order valence-corrected chi connectivity index (χ2v) is 7.53. The lowest BCUT2D eigenvalue weighted by Gasteiger charge is -2.34. The average Bonchev–Trinajstić information content (AvgIpc) is 2.91. The largest absolute Gasteiger partial charge is 0.351 e. The lowest BCUT2D eigenvalue weighted by molar-refractivity contribution is 0.0922. The van der Waals surface area contributed by atoms with Crippen LogP contribution in [-0.4, -0.2) is 35.3 Å². The van der Waals surface area contributed by atoms with Crippen LogP contribution in [0.5, 0.6) is 0 Å². The molecule has 0 spiro atoms. The van der Waals surface area contributed by atoms with Crippen molar-refractivity contribution in [3.63, 3.8) is 0 Å². The van der Waals surface area contributed by atoms with Crippen LogP contribution in [0.25, 0.3) is 0 Å². The number of nitrogens with zero attached hydrogens (tertiary/aromatic N) is 2. The van der Waals surface area contributed by atoms with E-state index in [0.29, 0.717) is 0 Å². The van der Waals surface area contributed by atoms with Crippen LogP contribution in [0.4, 0.5) is 0 Å². The molecular formula is C20H29ClN4O. The molecule has 1 amide bonds. The molecule has 0 unspecified atom stereocenters. The van der Waals surface area contributed by atoms with Gasteiger partial charge in [-0.2, -0.15) is 5.10 Å². The highest BCUT2D eigenvalue weighted by atomic mass is 35.5. The molecule has 2 aromatic rings. The highest BCUT2D eigenvalue weighted by Crippen LogP contribution is 2.26. The Bertz CT molecular complexity index is 733. The summed E-state index contributed by atoms with van der Waals surface area (Å²) >= 11 is 0. The van der Waals surface area contributed by atoms with Crippen LogP contribution in [0, 0.1) is 19.3 Å². The van der Waals surface area contributed by atoms with Gasteiger partial charge in [-0.25, -0.2) is 0 Å². The molecule has 6 heteroatoms. The number of amides is 1. The third-order valence-corrected chi connectivity index (χ3v) is 5.14. The van der Waals surface area contributed by atoms with Crippen LogP contribution < -0.4 is 10.6 Å². The van der Waals surface area contributed by atoms with E-state index < -0.39 is 0 Å². The molecule has 2 heterocycles. The van der Waals surface area contributed by atoms with E-state index in [1.807, 2.05) is 35.9 Å². The van der Waals surface area contributed by atoms with Gasteiger partial charge in [0.25, 0.3) is 5.91 Å². The number of benzene rings is 1. The molecule has 1 aliphatic rings. The molecule has 0 radical (unpaired) electrons. The molecule has 5 nitrogen and oxygen atoms in total. The summed E-state index contributed by atoms with van der Waals surface area (Å²) in [5.74, 6) is 0.0115. The van der Waals surface area contributed by atoms with Crippen LogP contribution >= 0.6 is 12.4 Å². The second kappa shape index (κ2) is 8.69. The van der Waals surface area contributed by atoms with Gasteiger partial charge in [-0.05, 0) is 69.0 Å². The first-order valence-corrected chi connectivity index (χ1v) is 9.04. The van der Waals surface area contributed by atoms with Gasteiger partial charge in [0.05, 0.1) is 12.2 Å². The van der Waals surface area contributed by atoms with Gasteiger partial charge in [-0.1, -0.05) is 19.1 Å². The van der Waals surface area contributed by atoms with Crippen LogP contribution in [0.15, 0.2) is 30.3 Å². The topological polar surface area (TPSA) is 59.0 Å². The number of nitrogens with one attached hydrogen (secondary N) is 2. The third kappa shape index (κ3) is 5.08. The summed E-state index contributed by atoms with van der Waals surface area (Å²) in [7, 11) is 0. The minimum atomic E-state index is 0. The minimum absolute atomic E-state index is 0.